The first kappa shape index (κ1) is 21.3. The fraction of sp³-hybridized carbons (Fsp3) is 0.682. The van der Waals surface area contributed by atoms with E-state index in [1.54, 1.807) is 12.1 Å². The van der Waals surface area contributed by atoms with Crippen LogP contribution in [0.25, 0.3) is 0 Å². The molecule has 1 aromatic carbocycles. The van der Waals surface area contributed by atoms with Crippen molar-refractivity contribution in [2.45, 2.75) is 69.6 Å². The van der Waals surface area contributed by atoms with Gasteiger partial charge >= 0.3 is 0 Å². The zero-order valence-corrected chi connectivity index (χ0v) is 18.3. The molecule has 1 aliphatic carbocycles. The van der Waals surface area contributed by atoms with Crippen molar-refractivity contribution in [2.24, 2.45) is 5.92 Å². The second kappa shape index (κ2) is 8.54. The number of piperazine rings is 1. The lowest BCUT2D eigenvalue weighted by atomic mass is 9.87. The third-order valence-corrected chi connectivity index (χ3v) is 8.10. The van der Waals surface area contributed by atoms with E-state index in [1.807, 2.05) is 17.0 Å². The summed E-state index contributed by atoms with van der Waals surface area (Å²) in [7, 11) is -3.50. The van der Waals surface area contributed by atoms with Crippen LogP contribution < -0.4 is 0 Å². The van der Waals surface area contributed by atoms with Crippen molar-refractivity contribution in [1.29, 1.82) is 0 Å². The molecule has 0 N–H and O–H groups in total. The minimum absolute atomic E-state index is 0.00717. The molecule has 1 amide bonds. The zero-order chi connectivity index (χ0) is 20.4. The number of rotatable bonds is 5. The highest BCUT2D eigenvalue weighted by atomic mass is 32.2. The van der Waals surface area contributed by atoms with Gasteiger partial charge in [-0.3, -0.25) is 4.79 Å². The predicted octanol–water partition coefficient (Wildman–Crippen LogP) is 3.79. The van der Waals surface area contributed by atoms with Crippen LogP contribution in [0.5, 0.6) is 0 Å². The number of carbonyl (C=O) groups is 1. The van der Waals surface area contributed by atoms with Gasteiger partial charge in [0.15, 0.2) is 0 Å². The molecule has 1 aromatic rings. The van der Waals surface area contributed by atoms with Crippen LogP contribution in [0.3, 0.4) is 0 Å². The number of sulfonamides is 1. The van der Waals surface area contributed by atoms with Gasteiger partial charge in [0.25, 0.3) is 0 Å². The monoisotopic (exact) mass is 406 g/mol. The Bertz CT molecular complexity index is 767. The standard InChI is InChI=1S/C22H34N2O3S/c1-22(2,3)19-9-11-20(12-10-19)28(26,27)24-16-14-23(15-17-24)21(25)13-8-18-6-4-5-7-18/h9-12,18H,4-8,13-17H2,1-3H3. The minimum Gasteiger partial charge on any atom is -0.340 e. The number of hydrogen-bond acceptors (Lipinski definition) is 3. The molecule has 1 saturated heterocycles. The summed E-state index contributed by atoms with van der Waals surface area (Å²) in [5.41, 5.74) is 1.11. The minimum atomic E-state index is -3.50. The van der Waals surface area contributed by atoms with Gasteiger partial charge in [-0.25, -0.2) is 8.42 Å². The van der Waals surface area contributed by atoms with Crippen LogP contribution in [-0.2, 0) is 20.2 Å². The summed E-state index contributed by atoms with van der Waals surface area (Å²) in [4.78, 5) is 14.6. The molecule has 1 aliphatic heterocycles. The molecule has 0 bridgehead atoms. The van der Waals surface area contributed by atoms with Crippen LogP contribution in [0, 0.1) is 5.92 Å². The van der Waals surface area contributed by atoms with Crippen LogP contribution in [0.1, 0.15) is 64.9 Å². The quantitative estimate of drug-likeness (QED) is 0.748. The van der Waals surface area contributed by atoms with Crippen molar-refractivity contribution in [2.75, 3.05) is 26.2 Å². The molecule has 1 heterocycles. The van der Waals surface area contributed by atoms with Gasteiger partial charge in [0.1, 0.15) is 0 Å². The lowest BCUT2D eigenvalue weighted by molar-refractivity contribution is -0.132. The van der Waals surface area contributed by atoms with E-state index >= 15 is 0 Å². The highest BCUT2D eigenvalue weighted by Crippen LogP contribution is 2.29. The second-order valence-electron chi connectivity index (χ2n) is 9.25. The van der Waals surface area contributed by atoms with Crippen LogP contribution >= 0.6 is 0 Å². The van der Waals surface area contributed by atoms with Gasteiger partial charge in [-0.2, -0.15) is 4.31 Å². The Balaban J connectivity index is 1.55. The second-order valence-corrected chi connectivity index (χ2v) is 11.2. The summed E-state index contributed by atoms with van der Waals surface area (Å²) in [6.07, 6.45) is 6.70. The fourth-order valence-corrected chi connectivity index (χ4v) is 5.66. The number of benzene rings is 1. The summed E-state index contributed by atoms with van der Waals surface area (Å²) in [6.45, 7) is 8.06. The van der Waals surface area contributed by atoms with Gasteiger partial charge in [-0.1, -0.05) is 58.6 Å². The lowest BCUT2D eigenvalue weighted by Gasteiger charge is -2.34. The number of nitrogens with zero attached hydrogens (tertiary/aromatic N) is 2. The molecule has 0 spiro atoms. The first-order valence-electron chi connectivity index (χ1n) is 10.6. The van der Waals surface area contributed by atoms with E-state index in [1.165, 1.54) is 30.0 Å². The van der Waals surface area contributed by atoms with Gasteiger partial charge < -0.3 is 4.90 Å². The molecule has 2 fully saturated rings. The maximum atomic E-state index is 12.9. The average Bonchev–Trinajstić information content (AvgIpc) is 3.19. The molecular weight excluding hydrogens is 372 g/mol. The molecule has 2 aliphatic rings. The van der Waals surface area contributed by atoms with E-state index in [2.05, 4.69) is 20.8 Å². The molecular formula is C22H34N2O3S. The molecule has 0 radical (unpaired) electrons. The number of hydrogen-bond donors (Lipinski definition) is 0. The van der Waals surface area contributed by atoms with Crippen molar-refractivity contribution in [1.82, 2.24) is 9.21 Å². The SMILES string of the molecule is CC(C)(C)c1ccc(S(=O)(=O)N2CCN(C(=O)CCC3CCCC3)CC2)cc1. The highest BCUT2D eigenvalue weighted by Gasteiger charge is 2.30. The Morgan fingerprint density at radius 3 is 2.11 bits per heavy atom. The van der Waals surface area contributed by atoms with E-state index in [0.29, 0.717) is 43.4 Å². The average molecular weight is 407 g/mol. The van der Waals surface area contributed by atoms with E-state index in [-0.39, 0.29) is 11.3 Å². The molecule has 0 unspecified atom stereocenters. The van der Waals surface area contributed by atoms with Crippen LogP contribution in [0.15, 0.2) is 29.2 Å². The zero-order valence-electron chi connectivity index (χ0n) is 17.5. The first-order valence-corrected chi connectivity index (χ1v) is 12.0. The maximum absolute atomic E-state index is 12.9. The fourth-order valence-electron chi connectivity index (χ4n) is 4.24. The molecule has 5 nitrogen and oxygen atoms in total. The molecule has 3 rings (SSSR count). The van der Waals surface area contributed by atoms with Gasteiger partial charge in [0.05, 0.1) is 4.90 Å². The Morgan fingerprint density at radius 1 is 1.00 bits per heavy atom. The molecule has 0 atom stereocenters. The summed E-state index contributed by atoms with van der Waals surface area (Å²) < 4.78 is 27.4. The Labute approximate surface area is 170 Å². The molecule has 0 aromatic heterocycles. The van der Waals surface area contributed by atoms with Crippen LogP contribution in [0.2, 0.25) is 0 Å². The highest BCUT2D eigenvalue weighted by molar-refractivity contribution is 7.89. The van der Waals surface area contributed by atoms with Gasteiger partial charge in [0.2, 0.25) is 15.9 Å². The Hall–Kier alpha value is -1.40. The van der Waals surface area contributed by atoms with Gasteiger partial charge in [-0.15, -0.1) is 0 Å². The Kier molecular flexibility index (Phi) is 6.50. The summed E-state index contributed by atoms with van der Waals surface area (Å²) in [5, 5.41) is 0. The van der Waals surface area contributed by atoms with Gasteiger partial charge in [-0.05, 0) is 35.4 Å². The summed E-state index contributed by atoms with van der Waals surface area (Å²) in [6, 6.07) is 7.20. The van der Waals surface area contributed by atoms with E-state index in [4.69, 9.17) is 0 Å². The Morgan fingerprint density at radius 2 is 1.57 bits per heavy atom. The first-order chi connectivity index (χ1) is 13.2. The molecule has 156 valence electrons. The van der Waals surface area contributed by atoms with Crippen LogP contribution in [-0.4, -0.2) is 49.7 Å². The van der Waals surface area contributed by atoms with Crippen LogP contribution in [0.4, 0.5) is 0 Å². The van der Waals surface area contributed by atoms with Crippen molar-refractivity contribution < 1.29 is 13.2 Å². The van der Waals surface area contributed by atoms with Crippen molar-refractivity contribution >= 4 is 15.9 Å². The third kappa shape index (κ3) is 4.95. The summed E-state index contributed by atoms with van der Waals surface area (Å²) in [5.74, 6) is 0.889. The lowest BCUT2D eigenvalue weighted by Crippen LogP contribution is -2.50. The predicted molar refractivity (Wildman–Crippen MR) is 112 cm³/mol. The molecule has 1 saturated carbocycles. The topological polar surface area (TPSA) is 57.7 Å². The van der Waals surface area contributed by atoms with Crippen molar-refractivity contribution in [3.63, 3.8) is 0 Å². The maximum Gasteiger partial charge on any atom is 0.243 e. The summed E-state index contributed by atoms with van der Waals surface area (Å²) >= 11 is 0. The molecule has 6 heteroatoms. The van der Waals surface area contributed by atoms with E-state index < -0.39 is 10.0 Å². The third-order valence-electron chi connectivity index (χ3n) is 6.19. The van der Waals surface area contributed by atoms with E-state index in [0.717, 1.165) is 12.0 Å². The smallest absolute Gasteiger partial charge is 0.243 e. The van der Waals surface area contributed by atoms with Gasteiger partial charge in [0, 0.05) is 32.6 Å². The normalized spacial score (nSPS) is 19.9. The largest absolute Gasteiger partial charge is 0.340 e. The van der Waals surface area contributed by atoms with E-state index in [9.17, 15) is 13.2 Å². The number of carbonyl (C=O) groups excluding carboxylic acids is 1. The molecule has 28 heavy (non-hydrogen) atoms. The number of amides is 1. The van der Waals surface area contributed by atoms with Crippen molar-refractivity contribution in [3.8, 4) is 0 Å². The van der Waals surface area contributed by atoms with Crippen molar-refractivity contribution in [3.05, 3.63) is 29.8 Å².